The third-order valence-electron chi connectivity index (χ3n) is 7.30. The second-order valence-electron chi connectivity index (χ2n) is 10.2. The Morgan fingerprint density at radius 3 is 2.73 bits per heavy atom. The van der Waals surface area contributed by atoms with E-state index in [0.717, 1.165) is 11.1 Å². The highest BCUT2D eigenvalue weighted by molar-refractivity contribution is 5.95. The molecule has 1 saturated heterocycles. The van der Waals surface area contributed by atoms with Gasteiger partial charge in [-0.3, -0.25) is 14.4 Å². The fourth-order valence-corrected chi connectivity index (χ4v) is 5.03. The van der Waals surface area contributed by atoms with Gasteiger partial charge in [0.25, 0.3) is 11.8 Å². The number of fused-ring (bicyclic) bond motifs is 7. The smallest absolute Gasteiger partial charge is 0.258 e. The molecule has 0 radical (unpaired) electrons. The van der Waals surface area contributed by atoms with Gasteiger partial charge in [0.15, 0.2) is 6.61 Å². The van der Waals surface area contributed by atoms with Gasteiger partial charge in [0.2, 0.25) is 5.91 Å². The maximum Gasteiger partial charge on any atom is 0.258 e. The maximum atomic E-state index is 13.4. The first-order valence-corrected chi connectivity index (χ1v) is 13.5. The van der Waals surface area contributed by atoms with Crippen molar-refractivity contribution >= 4 is 17.7 Å². The van der Waals surface area contributed by atoms with E-state index in [2.05, 4.69) is 20.7 Å². The Hall–Kier alpha value is -4.61. The Balaban J connectivity index is 1.43. The van der Waals surface area contributed by atoms with Crippen LogP contribution in [-0.4, -0.2) is 76.3 Å². The van der Waals surface area contributed by atoms with Gasteiger partial charge in [0.05, 0.1) is 13.2 Å². The number of hydrogen-bond donors (Lipinski definition) is 2. The van der Waals surface area contributed by atoms with Gasteiger partial charge in [0.1, 0.15) is 41.5 Å². The molecule has 4 bridgehead atoms. The average Bonchev–Trinajstić information content (AvgIpc) is 3.27. The van der Waals surface area contributed by atoms with Crippen molar-refractivity contribution in [2.75, 3.05) is 26.8 Å². The second kappa shape index (κ2) is 11.9. The highest BCUT2D eigenvalue weighted by Gasteiger charge is 2.35. The van der Waals surface area contributed by atoms with Crippen LogP contribution in [0.5, 0.6) is 17.2 Å². The molecule has 216 valence electrons. The molecule has 3 aliphatic rings. The zero-order valence-electron chi connectivity index (χ0n) is 23.6. The topological polar surface area (TPSA) is 137 Å². The number of piperidine rings is 1. The Morgan fingerprint density at radius 1 is 1.15 bits per heavy atom. The minimum absolute atomic E-state index is 0.0585. The van der Waals surface area contributed by atoms with Gasteiger partial charge < -0.3 is 29.7 Å². The summed E-state index contributed by atoms with van der Waals surface area (Å²) in [5.74, 6) is 2.04. The van der Waals surface area contributed by atoms with Crippen LogP contribution in [0.2, 0.25) is 0 Å². The number of amides is 3. The fourth-order valence-electron chi connectivity index (χ4n) is 5.03. The zero-order chi connectivity index (χ0) is 29.1. The molecule has 4 heterocycles. The molecule has 12 nitrogen and oxygen atoms in total. The first-order chi connectivity index (χ1) is 19.7. The molecule has 1 fully saturated rings. The highest BCUT2D eigenvalue weighted by atomic mass is 16.5. The summed E-state index contributed by atoms with van der Waals surface area (Å²) in [6, 6.07) is 9.98. The molecule has 0 spiro atoms. The van der Waals surface area contributed by atoms with Gasteiger partial charge >= 0.3 is 0 Å². The van der Waals surface area contributed by atoms with Crippen LogP contribution in [0.25, 0.3) is 0 Å². The van der Waals surface area contributed by atoms with Crippen molar-refractivity contribution in [3.05, 3.63) is 64.7 Å². The summed E-state index contributed by atoms with van der Waals surface area (Å²) in [6.45, 7) is 6.24. The number of methoxy groups -OCH3 is 1. The number of benzene rings is 2. The number of rotatable bonds is 3. The van der Waals surface area contributed by atoms with E-state index in [9.17, 15) is 14.4 Å². The lowest BCUT2D eigenvalue weighted by Crippen LogP contribution is -2.58. The van der Waals surface area contributed by atoms with Crippen molar-refractivity contribution in [1.82, 2.24) is 30.3 Å². The lowest BCUT2D eigenvalue weighted by Gasteiger charge is -2.39. The maximum absolute atomic E-state index is 13.4. The largest absolute Gasteiger partial charge is 0.496 e. The highest BCUT2D eigenvalue weighted by Crippen LogP contribution is 2.28. The van der Waals surface area contributed by atoms with Crippen LogP contribution in [0.1, 0.15) is 39.6 Å². The number of aromatic nitrogens is 3. The number of nitrogens with zero attached hydrogens (tertiary/aromatic N) is 4. The molecular weight excluding hydrogens is 528 g/mol. The lowest BCUT2D eigenvalue weighted by atomic mass is 10.0. The van der Waals surface area contributed by atoms with Crippen LogP contribution in [0.4, 0.5) is 0 Å². The predicted octanol–water partition coefficient (Wildman–Crippen LogP) is 1.70. The SMILES string of the molecule is COc1cc2ccc1CNC(=O)COc1cc(ccc1C)C(=O)N[C@H]1CN(C(=O)Cn3nc(C)nc3C)CC[C@H]1O2. The minimum Gasteiger partial charge on any atom is -0.496 e. The first kappa shape index (κ1) is 27.9. The predicted molar refractivity (Wildman–Crippen MR) is 148 cm³/mol. The molecular formula is C29H34N6O6. The quantitative estimate of drug-likeness (QED) is 0.492. The molecule has 12 heteroatoms. The third-order valence-corrected chi connectivity index (χ3v) is 7.30. The van der Waals surface area contributed by atoms with E-state index in [-0.39, 0.29) is 44.0 Å². The number of carbonyl (C=O) groups excluding carboxylic acids is 3. The third kappa shape index (κ3) is 6.42. The molecule has 3 aromatic rings. The Bertz CT molecular complexity index is 1470. The van der Waals surface area contributed by atoms with Crippen molar-refractivity contribution in [3.8, 4) is 17.2 Å². The molecule has 6 rings (SSSR count). The summed E-state index contributed by atoms with van der Waals surface area (Å²) in [4.78, 5) is 45.2. The van der Waals surface area contributed by atoms with Gasteiger partial charge in [-0.1, -0.05) is 6.07 Å². The van der Waals surface area contributed by atoms with Crippen LogP contribution >= 0.6 is 0 Å². The van der Waals surface area contributed by atoms with Crippen molar-refractivity contribution in [2.45, 2.75) is 52.4 Å². The van der Waals surface area contributed by atoms with Crippen molar-refractivity contribution < 1.29 is 28.6 Å². The first-order valence-electron chi connectivity index (χ1n) is 13.5. The van der Waals surface area contributed by atoms with Crippen molar-refractivity contribution in [2.24, 2.45) is 0 Å². The number of likely N-dealkylation sites (tertiary alicyclic amines) is 1. The molecule has 1 aromatic heterocycles. The molecule has 2 aromatic carbocycles. The van der Waals surface area contributed by atoms with Crippen molar-refractivity contribution in [1.29, 1.82) is 0 Å². The van der Waals surface area contributed by atoms with E-state index in [0.29, 0.717) is 47.4 Å². The van der Waals surface area contributed by atoms with Crippen LogP contribution in [0, 0.1) is 20.8 Å². The van der Waals surface area contributed by atoms with Gasteiger partial charge in [-0.2, -0.15) is 5.10 Å². The number of carbonyl (C=O) groups is 3. The Morgan fingerprint density at radius 2 is 1.98 bits per heavy atom. The van der Waals surface area contributed by atoms with Crippen LogP contribution < -0.4 is 24.8 Å². The normalized spacial score (nSPS) is 19.3. The minimum atomic E-state index is -0.506. The summed E-state index contributed by atoms with van der Waals surface area (Å²) in [6.07, 6.45) is 0.0829. The van der Waals surface area contributed by atoms with E-state index in [1.54, 1.807) is 53.9 Å². The van der Waals surface area contributed by atoms with Crippen LogP contribution in [0.15, 0.2) is 36.4 Å². The van der Waals surface area contributed by atoms with E-state index >= 15 is 0 Å². The van der Waals surface area contributed by atoms with E-state index in [1.165, 1.54) is 0 Å². The average molecular weight is 563 g/mol. The molecule has 0 saturated carbocycles. The Labute approximate surface area is 238 Å². The zero-order valence-corrected chi connectivity index (χ0v) is 23.6. The summed E-state index contributed by atoms with van der Waals surface area (Å²) in [5.41, 5.74) is 1.94. The molecule has 3 amide bonds. The van der Waals surface area contributed by atoms with Crippen LogP contribution in [0.3, 0.4) is 0 Å². The van der Waals surface area contributed by atoms with Crippen molar-refractivity contribution in [3.63, 3.8) is 0 Å². The number of hydrogen-bond acceptors (Lipinski definition) is 8. The lowest BCUT2D eigenvalue weighted by molar-refractivity contribution is -0.134. The van der Waals surface area contributed by atoms with E-state index < -0.39 is 12.1 Å². The Kier molecular flexibility index (Phi) is 8.09. The number of nitrogens with one attached hydrogen (secondary N) is 2. The summed E-state index contributed by atoms with van der Waals surface area (Å²) in [7, 11) is 1.55. The molecule has 2 atom stereocenters. The molecule has 41 heavy (non-hydrogen) atoms. The second-order valence-corrected chi connectivity index (χ2v) is 10.2. The molecule has 2 N–H and O–H groups in total. The molecule has 0 unspecified atom stereocenters. The van der Waals surface area contributed by atoms with Gasteiger partial charge in [0, 0.05) is 43.2 Å². The fraction of sp³-hybridized carbons (Fsp3) is 0.414. The van der Waals surface area contributed by atoms with E-state index in [4.69, 9.17) is 14.2 Å². The summed E-state index contributed by atoms with van der Waals surface area (Å²) in [5, 5.41) is 10.2. The van der Waals surface area contributed by atoms with E-state index in [1.807, 2.05) is 19.9 Å². The van der Waals surface area contributed by atoms with Crippen LogP contribution in [-0.2, 0) is 22.7 Å². The molecule has 3 aliphatic heterocycles. The van der Waals surface area contributed by atoms with Gasteiger partial charge in [-0.15, -0.1) is 0 Å². The summed E-state index contributed by atoms with van der Waals surface area (Å²) >= 11 is 0. The monoisotopic (exact) mass is 562 g/mol. The number of aryl methyl sites for hydroxylation is 3. The van der Waals surface area contributed by atoms with Gasteiger partial charge in [-0.25, -0.2) is 9.67 Å². The summed E-state index contributed by atoms with van der Waals surface area (Å²) < 4.78 is 19.3. The standard InChI is InChI=1S/C29H34N6O6/c1-17-5-6-20-11-25(17)40-16-27(36)30-13-21-7-8-22(12-26(21)39-4)41-24-9-10-34(14-23(24)32-29(20)38)28(37)15-35-19(3)31-18(2)33-35/h5-8,11-12,23-24H,9-10,13-16H2,1-4H3,(H,30,36)(H,32,38)/t23-,24+/m0/s1. The van der Waals surface area contributed by atoms with Gasteiger partial charge in [-0.05, 0) is 50.6 Å². The number of ether oxygens (including phenoxy) is 3. The molecule has 0 aliphatic carbocycles.